The van der Waals surface area contributed by atoms with Gasteiger partial charge >= 0.3 is 12.1 Å². The number of anilines is 1. The van der Waals surface area contributed by atoms with Gasteiger partial charge in [0, 0.05) is 6.20 Å². The van der Waals surface area contributed by atoms with Gasteiger partial charge in [0.05, 0.1) is 6.42 Å². The molecule has 0 fully saturated rings. The third kappa shape index (κ3) is 5.43. The first-order valence-electron chi connectivity index (χ1n) is 7.20. The lowest BCUT2D eigenvalue weighted by atomic mass is 10.00. The number of rotatable bonds is 6. The van der Waals surface area contributed by atoms with Crippen LogP contribution in [0.1, 0.15) is 30.4 Å². The number of hydrogen-bond acceptors (Lipinski definition) is 4. The Kier molecular flexibility index (Phi) is 5.68. The zero-order valence-electron chi connectivity index (χ0n) is 12.7. The average Bonchev–Trinajstić information content (AvgIpc) is 2.54. The first kappa shape index (κ1) is 16.5. The van der Waals surface area contributed by atoms with Crippen molar-refractivity contribution in [3.8, 4) is 0 Å². The molecule has 0 bridgehead atoms. The van der Waals surface area contributed by atoms with Crippen LogP contribution in [0.3, 0.4) is 0 Å². The lowest BCUT2D eigenvalue weighted by molar-refractivity contribution is -0.137. The summed E-state index contributed by atoms with van der Waals surface area (Å²) in [5.41, 5.74) is 1.70. The van der Waals surface area contributed by atoms with E-state index >= 15 is 0 Å². The van der Waals surface area contributed by atoms with E-state index in [2.05, 4.69) is 10.3 Å². The van der Waals surface area contributed by atoms with Crippen LogP contribution in [-0.2, 0) is 16.1 Å². The maximum Gasteiger partial charge on any atom is 0.413 e. The van der Waals surface area contributed by atoms with Crippen molar-refractivity contribution in [1.29, 1.82) is 0 Å². The van der Waals surface area contributed by atoms with Crippen molar-refractivity contribution in [2.75, 3.05) is 5.32 Å². The minimum absolute atomic E-state index is 0.0353. The Hall–Kier alpha value is -2.89. The minimum atomic E-state index is -0.857. The van der Waals surface area contributed by atoms with E-state index in [1.54, 1.807) is 18.3 Å². The number of benzene rings is 1. The molecule has 0 aliphatic rings. The summed E-state index contributed by atoms with van der Waals surface area (Å²) in [6.45, 7) is 1.99. The molecule has 6 nitrogen and oxygen atoms in total. The van der Waals surface area contributed by atoms with Crippen molar-refractivity contribution in [3.63, 3.8) is 0 Å². The van der Waals surface area contributed by atoms with Gasteiger partial charge in [-0.2, -0.15) is 0 Å². The number of hydrogen-bond donors (Lipinski definition) is 2. The average molecular weight is 314 g/mol. The number of aliphatic carboxylic acids is 1. The molecule has 1 aromatic carbocycles. The van der Waals surface area contributed by atoms with Crippen LogP contribution in [0.25, 0.3) is 0 Å². The molecule has 6 heteroatoms. The first-order chi connectivity index (χ1) is 11.0. The molecule has 1 atom stereocenters. The molecule has 0 aliphatic heterocycles. The summed E-state index contributed by atoms with van der Waals surface area (Å²) in [7, 11) is 0. The maximum absolute atomic E-state index is 11.7. The summed E-state index contributed by atoms with van der Waals surface area (Å²) in [6, 6.07) is 12.7. The first-order valence-corrected chi connectivity index (χ1v) is 7.20. The number of carboxylic acids is 1. The number of carbonyl (C=O) groups excluding carboxylic acids is 1. The van der Waals surface area contributed by atoms with Crippen molar-refractivity contribution in [1.82, 2.24) is 4.98 Å². The molecule has 23 heavy (non-hydrogen) atoms. The predicted octanol–water partition coefficient (Wildman–Crippen LogP) is 3.41. The second-order valence-corrected chi connectivity index (χ2v) is 5.16. The van der Waals surface area contributed by atoms with E-state index in [0.717, 1.165) is 11.1 Å². The van der Waals surface area contributed by atoms with Gasteiger partial charge in [-0.1, -0.05) is 43.3 Å². The van der Waals surface area contributed by atoms with Crippen molar-refractivity contribution in [3.05, 3.63) is 59.8 Å². The van der Waals surface area contributed by atoms with E-state index in [9.17, 15) is 9.59 Å². The van der Waals surface area contributed by atoms with Crippen LogP contribution < -0.4 is 5.32 Å². The fourth-order valence-electron chi connectivity index (χ4n) is 2.01. The van der Waals surface area contributed by atoms with Gasteiger partial charge in [0.1, 0.15) is 12.4 Å². The summed E-state index contributed by atoms with van der Waals surface area (Å²) in [6.07, 6.45) is 1.00. The number of pyridine rings is 1. The standard InChI is InChI=1S/C17H18N2O4/c1-12(9-16(20)21)14-7-8-15(18-10-14)19-17(22)23-11-13-5-3-2-4-6-13/h2-8,10,12H,9,11H2,1H3,(H,20,21)(H,18,19,22). The topological polar surface area (TPSA) is 88.5 Å². The van der Waals surface area contributed by atoms with Crippen LogP contribution in [0.2, 0.25) is 0 Å². The molecule has 1 heterocycles. The highest BCUT2D eigenvalue weighted by molar-refractivity contribution is 5.83. The highest BCUT2D eigenvalue weighted by Crippen LogP contribution is 2.19. The summed E-state index contributed by atoms with van der Waals surface area (Å²) in [4.78, 5) is 26.5. The largest absolute Gasteiger partial charge is 0.481 e. The molecule has 2 rings (SSSR count). The van der Waals surface area contributed by atoms with E-state index in [-0.39, 0.29) is 18.9 Å². The van der Waals surface area contributed by atoms with Gasteiger partial charge < -0.3 is 9.84 Å². The lowest BCUT2D eigenvalue weighted by Gasteiger charge is -2.10. The molecular formula is C17H18N2O4. The monoisotopic (exact) mass is 314 g/mol. The van der Waals surface area contributed by atoms with Gasteiger partial charge in [-0.3, -0.25) is 10.1 Å². The second kappa shape index (κ2) is 7.93. The molecule has 0 spiro atoms. The number of carbonyl (C=O) groups is 2. The molecule has 1 unspecified atom stereocenters. The van der Waals surface area contributed by atoms with Gasteiger partial charge in [-0.25, -0.2) is 9.78 Å². The number of nitrogens with zero attached hydrogens (tertiary/aromatic N) is 1. The van der Waals surface area contributed by atoms with E-state index in [4.69, 9.17) is 9.84 Å². The van der Waals surface area contributed by atoms with Gasteiger partial charge in [-0.05, 0) is 23.1 Å². The van der Waals surface area contributed by atoms with Crippen LogP contribution in [0.15, 0.2) is 48.7 Å². The molecular weight excluding hydrogens is 296 g/mol. The number of ether oxygens (including phenoxy) is 1. The van der Waals surface area contributed by atoms with Crippen LogP contribution in [0.5, 0.6) is 0 Å². The van der Waals surface area contributed by atoms with Crippen molar-refractivity contribution >= 4 is 17.9 Å². The Morgan fingerprint density at radius 1 is 1.22 bits per heavy atom. The molecule has 2 aromatic rings. The summed E-state index contributed by atoms with van der Waals surface area (Å²) >= 11 is 0. The second-order valence-electron chi connectivity index (χ2n) is 5.16. The molecule has 0 aliphatic carbocycles. The molecule has 1 amide bonds. The summed E-state index contributed by atoms with van der Waals surface area (Å²) < 4.78 is 5.09. The highest BCUT2D eigenvalue weighted by Gasteiger charge is 2.11. The van der Waals surface area contributed by atoms with E-state index in [1.807, 2.05) is 37.3 Å². The minimum Gasteiger partial charge on any atom is -0.481 e. The number of carboxylic acid groups (broad SMARTS) is 1. The predicted molar refractivity (Wildman–Crippen MR) is 85.2 cm³/mol. The van der Waals surface area contributed by atoms with E-state index in [0.29, 0.717) is 5.82 Å². The molecule has 0 saturated carbocycles. The van der Waals surface area contributed by atoms with Crippen LogP contribution in [0.4, 0.5) is 10.6 Å². The maximum atomic E-state index is 11.7. The van der Waals surface area contributed by atoms with Crippen molar-refractivity contribution in [2.45, 2.75) is 25.9 Å². The van der Waals surface area contributed by atoms with E-state index in [1.165, 1.54) is 0 Å². The molecule has 120 valence electrons. The highest BCUT2D eigenvalue weighted by atomic mass is 16.5. The van der Waals surface area contributed by atoms with Gasteiger partial charge in [0.25, 0.3) is 0 Å². The Bertz CT molecular complexity index is 656. The third-order valence-corrected chi connectivity index (χ3v) is 3.28. The Balaban J connectivity index is 1.85. The zero-order chi connectivity index (χ0) is 16.7. The Morgan fingerprint density at radius 2 is 1.96 bits per heavy atom. The Morgan fingerprint density at radius 3 is 2.57 bits per heavy atom. The fraction of sp³-hybridized carbons (Fsp3) is 0.235. The zero-order valence-corrected chi connectivity index (χ0v) is 12.7. The van der Waals surface area contributed by atoms with Gasteiger partial charge in [0.2, 0.25) is 0 Å². The summed E-state index contributed by atoms with van der Waals surface area (Å²) in [5.74, 6) is -0.641. The van der Waals surface area contributed by atoms with Crippen LogP contribution in [0, 0.1) is 0 Å². The normalized spacial score (nSPS) is 11.5. The fourth-order valence-corrected chi connectivity index (χ4v) is 2.01. The van der Waals surface area contributed by atoms with Gasteiger partial charge in [0.15, 0.2) is 0 Å². The smallest absolute Gasteiger partial charge is 0.413 e. The van der Waals surface area contributed by atoms with Crippen LogP contribution >= 0.6 is 0 Å². The van der Waals surface area contributed by atoms with Crippen LogP contribution in [-0.4, -0.2) is 22.2 Å². The molecule has 1 aromatic heterocycles. The third-order valence-electron chi connectivity index (χ3n) is 3.28. The molecule has 2 N–H and O–H groups in total. The van der Waals surface area contributed by atoms with Crippen molar-refractivity contribution in [2.24, 2.45) is 0 Å². The van der Waals surface area contributed by atoms with E-state index < -0.39 is 12.1 Å². The van der Waals surface area contributed by atoms with Crippen molar-refractivity contribution < 1.29 is 19.4 Å². The molecule has 0 radical (unpaired) electrons. The lowest BCUT2D eigenvalue weighted by Crippen LogP contribution is -2.14. The Labute approximate surface area is 134 Å². The number of amides is 1. The quantitative estimate of drug-likeness (QED) is 0.853. The summed E-state index contributed by atoms with van der Waals surface area (Å²) in [5, 5.41) is 11.3. The SMILES string of the molecule is CC(CC(=O)O)c1ccc(NC(=O)OCc2ccccc2)nc1. The molecule has 0 saturated heterocycles. The number of aromatic nitrogens is 1. The number of nitrogens with one attached hydrogen (secondary N) is 1. The van der Waals surface area contributed by atoms with Gasteiger partial charge in [-0.15, -0.1) is 0 Å².